The van der Waals surface area contributed by atoms with Crippen molar-refractivity contribution in [2.45, 2.75) is 43.8 Å². The number of alkyl halides is 2. The number of aromatic nitrogens is 1. The number of pyridine rings is 1. The molecule has 9 nitrogen and oxygen atoms in total. The Morgan fingerprint density at radius 1 is 1.07 bits per heavy atom. The summed E-state index contributed by atoms with van der Waals surface area (Å²) in [5.41, 5.74) is 1.93. The van der Waals surface area contributed by atoms with Crippen LogP contribution < -0.4 is 15.2 Å². The van der Waals surface area contributed by atoms with Crippen molar-refractivity contribution in [1.82, 2.24) is 9.58 Å². The first-order valence-corrected chi connectivity index (χ1v) is 15.7. The number of nitrogens with zero attached hydrogens (tertiary/aromatic N) is 3. The summed E-state index contributed by atoms with van der Waals surface area (Å²) < 4.78 is 63.7. The molecule has 0 radical (unpaired) electrons. The molecule has 46 heavy (non-hydrogen) atoms. The van der Waals surface area contributed by atoms with Crippen LogP contribution in [0.3, 0.4) is 0 Å². The number of thiophene rings is 1. The normalized spacial score (nSPS) is 20.1. The molecule has 0 spiro atoms. The number of piperidine rings is 1. The minimum Gasteiger partial charge on any atom is -0.451 e. The van der Waals surface area contributed by atoms with E-state index >= 15 is 13.2 Å². The van der Waals surface area contributed by atoms with Gasteiger partial charge < -0.3 is 19.1 Å². The van der Waals surface area contributed by atoms with Crippen LogP contribution in [-0.2, 0) is 21.8 Å². The highest BCUT2D eigenvalue weighted by molar-refractivity contribution is 7.14. The van der Waals surface area contributed by atoms with Crippen molar-refractivity contribution in [2.75, 3.05) is 25.5 Å². The van der Waals surface area contributed by atoms with Crippen molar-refractivity contribution in [3.63, 3.8) is 0 Å². The number of rotatable bonds is 4. The number of carbonyl (C=O) groups is 2. The predicted octanol–water partition coefficient (Wildman–Crippen LogP) is 6.16. The van der Waals surface area contributed by atoms with Crippen molar-refractivity contribution >= 4 is 23.4 Å². The molecule has 2 aromatic carbocycles. The maximum absolute atomic E-state index is 15.8. The van der Waals surface area contributed by atoms with Gasteiger partial charge in [-0.1, -0.05) is 30.3 Å². The van der Waals surface area contributed by atoms with Crippen molar-refractivity contribution < 1.29 is 37.0 Å². The summed E-state index contributed by atoms with van der Waals surface area (Å²) in [5.74, 6) is -5.21. The van der Waals surface area contributed by atoms with Gasteiger partial charge in [-0.25, -0.2) is 18.0 Å². The van der Waals surface area contributed by atoms with Gasteiger partial charge in [-0.2, -0.15) is 0 Å². The lowest BCUT2D eigenvalue weighted by atomic mass is 9.80. The van der Waals surface area contributed by atoms with Crippen LogP contribution in [0.25, 0.3) is 21.6 Å². The smallest absolute Gasteiger partial charge is 0.451 e. The molecule has 4 aromatic rings. The lowest BCUT2D eigenvalue weighted by Crippen LogP contribution is -2.63. The second-order valence-corrected chi connectivity index (χ2v) is 12.5. The molecule has 236 valence electrons. The zero-order valence-corrected chi connectivity index (χ0v) is 25.2. The summed E-state index contributed by atoms with van der Waals surface area (Å²) in [4.78, 5) is 41.3. The van der Waals surface area contributed by atoms with E-state index in [4.69, 9.17) is 9.47 Å². The van der Waals surface area contributed by atoms with E-state index < -0.39 is 60.2 Å². The number of hydrogen-bond donors (Lipinski definition) is 0. The topological polar surface area (TPSA) is 90.3 Å². The Morgan fingerprint density at radius 3 is 2.72 bits per heavy atom. The summed E-state index contributed by atoms with van der Waals surface area (Å²) in [6.07, 6.45) is 1.37. The highest BCUT2D eigenvalue weighted by atomic mass is 32.1. The van der Waals surface area contributed by atoms with Gasteiger partial charge >= 0.3 is 6.16 Å². The predicted molar refractivity (Wildman–Crippen MR) is 161 cm³/mol. The van der Waals surface area contributed by atoms with E-state index in [1.807, 2.05) is 29.3 Å². The fourth-order valence-electron chi connectivity index (χ4n) is 7.40. The Morgan fingerprint density at radius 2 is 1.89 bits per heavy atom. The highest BCUT2D eigenvalue weighted by Gasteiger charge is 2.50. The Hall–Kier alpha value is -4.78. The standard InChI is InChI=1S/C33H26F3N3O6S/c1-43-32(42)45-16-44-29-22(40)11-13-38-28(29)31(41)37-12-5-4-8-23(37)39(38)27-18-6-2-3-7-19(18)30-24-17(15-46-30)14-33(35,36)26-21(34)10-9-20(27)25(24)26/h2-3,6-7,9-11,13,15,23,27H,4-5,8,12,14,16H2,1H3/t23-,27-/m1/s1. The van der Waals surface area contributed by atoms with Crippen LogP contribution in [-0.4, -0.2) is 48.3 Å². The van der Waals surface area contributed by atoms with E-state index in [9.17, 15) is 14.4 Å². The molecule has 0 N–H and O–H groups in total. The van der Waals surface area contributed by atoms with E-state index in [0.717, 1.165) is 42.0 Å². The Labute approximate surface area is 264 Å². The average Bonchev–Trinajstić information content (AvgIpc) is 3.41. The number of ether oxygens (including phenoxy) is 3. The second kappa shape index (κ2) is 10.4. The number of amides is 1. The molecule has 0 unspecified atom stereocenters. The Balaban J connectivity index is 1.41. The number of carbonyl (C=O) groups excluding carboxylic acids is 2. The van der Waals surface area contributed by atoms with Crippen LogP contribution in [0.15, 0.2) is 58.8 Å². The van der Waals surface area contributed by atoms with Gasteiger partial charge in [0.05, 0.1) is 18.7 Å². The molecular weight excluding hydrogens is 623 g/mol. The summed E-state index contributed by atoms with van der Waals surface area (Å²) >= 11 is 1.35. The lowest BCUT2D eigenvalue weighted by molar-refractivity contribution is -0.00827. The SMILES string of the molecule is COC(=O)OCOc1c2n(ccc1=O)N([C@@H]1c3ccccc3-c3scc4c3-c3c1ccc(F)c3C(F)(F)C4)[C@@H]1CCCCN1C2=O. The highest BCUT2D eigenvalue weighted by Crippen LogP contribution is 2.58. The molecule has 4 aliphatic rings. The maximum atomic E-state index is 15.8. The van der Waals surface area contributed by atoms with E-state index in [1.165, 1.54) is 23.6 Å². The zero-order chi connectivity index (χ0) is 31.9. The molecule has 1 saturated heterocycles. The second-order valence-electron chi connectivity index (χ2n) is 11.6. The van der Waals surface area contributed by atoms with Gasteiger partial charge in [-0.15, -0.1) is 11.3 Å². The fourth-order valence-corrected chi connectivity index (χ4v) is 8.53. The number of hydrogen-bond acceptors (Lipinski definition) is 8. The van der Waals surface area contributed by atoms with Crippen LogP contribution in [0, 0.1) is 5.82 Å². The lowest BCUT2D eigenvalue weighted by Gasteiger charge is -2.52. The third-order valence-electron chi connectivity index (χ3n) is 9.21. The van der Waals surface area contributed by atoms with Crippen LogP contribution >= 0.6 is 11.3 Å². The summed E-state index contributed by atoms with van der Waals surface area (Å²) in [5, 5.41) is 3.65. The van der Waals surface area contributed by atoms with Crippen molar-refractivity contribution in [2.24, 2.45) is 0 Å². The van der Waals surface area contributed by atoms with Crippen LogP contribution in [0.1, 0.15) is 58.0 Å². The summed E-state index contributed by atoms with van der Waals surface area (Å²) in [7, 11) is 1.12. The monoisotopic (exact) mass is 649 g/mol. The minimum atomic E-state index is -3.44. The fraction of sp³-hybridized carbons (Fsp3) is 0.303. The number of benzene rings is 2. The Kier molecular flexibility index (Phi) is 6.47. The number of methoxy groups -OCH3 is 1. The Bertz CT molecular complexity index is 2010. The van der Waals surface area contributed by atoms with Gasteiger partial charge in [-0.3, -0.25) is 19.3 Å². The van der Waals surface area contributed by atoms with Crippen molar-refractivity contribution in [3.8, 4) is 27.3 Å². The first-order valence-electron chi connectivity index (χ1n) is 14.8. The van der Waals surface area contributed by atoms with Gasteiger partial charge in [0, 0.05) is 41.2 Å². The van der Waals surface area contributed by atoms with Gasteiger partial charge in [0.25, 0.3) is 11.8 Å². The molecule has 8 rings (SSSR count). The van der Waals surface area contributed by atoms with Gasteiger partial charge in [0.15, 0.2) is 5.69 Å². The largest absolute Gasteiger partial charge is 0.510 e. The van der Waals surface area contributed by atoms with Gasteiger partial charge in [0.1, 0.15) is 12.0 Å². The van der Waals surface area contributed by atoms with Crippen molar-refractivity contribution in [1.29, 1.82) is 0 Å². The first-order chi connectivity index (χ1) is 22.2. The molecule has 1 amide bonds. The maximum Gasteiger partial charge on any atom is 0.510 e. The summed E-state index contributed by atoms with van der Waals surface area (Å²) in [6.45, 7) is -0.307. The summed E-state index contributed by atoms with van der Waals surface area (Å²) in [6, 6.07) is 10.7. The molecule has 2 aromatic heterocycles. The molecule has 2 aliphatic carbocycles. The molecule has 2 atom stereocenters. The molecule has 13 heteroatoms. The third-order valence-corrected chi connectivity index (χ3v) is 10.3. The van der Waals surface area contributed by atoms with Gasteiger partial charge in [0.2, 0.25) is 18.0 Å². The van der Waals surface area contributed by atoms with E-state index in [-0.39, 0.29) is 17.0 Å². The quantitative estimate of drug-likeness (QED) is 0.193. The minimum absolute atomic E-state index is 0.0994. The zero-order valence-electron chi connectivity index (χ0n) is 24.4. The number of halogens is 3. The van der Waals surface area contributed by atoms with Crippen LogP contribution in [0.5, 0.6) is 5.75 Å². The molecular formula is C33H26F3N3O6S. The van der Waals surface area contributed by atoms with Crippen LogP contribution in [0.2, 0.25) is 0 Å². The first kappa shape index (κ1) is 28.7. The average molecular weight is 650 g/mol. The molecule has 1 fully saturated rings. The molecule has 4 heterocycles. The molecule has 0 bridgehead atoms. The van der Waals surface area contributed by atoms with E-state index in [1.54, 1.807) is 21.0 Å². The van der Waals surface area contributed by atoms with E-state index in [2.05, 4.69) is 4.74 Å². The third kappa shape index (κ3) is 4.03. The number of fused-ring (bicyclic) bond motifs is 4. The van der Waals surface area contributed by atoms with Crippen molar-refractivity contribution in [3.05, 3.63) is 98.0 Å². The van der Waals surface area contributed by atoms with E-state index in [0.29, 0.717) is 29.7 Å². The van der Waals surface area contributed by atoms with Crippen LogP contribution in [0.4, 0.5) is 18.0 Å². The molecule has 2 aliphatic heterocycles. The molecule has 0 saturated carbocycles. The van der Waals surface area contributed by atoms with Gasteiger partial charge in [-0.05, 0) is 53.0 Å².